The molecule has 0 aliphatic heterocycles. The molecule has 452 valence electrons. The molecule has 0 N–H and O–H groups in total. The van der Waals surface area contributed by atoms with Gasteiger partial charge in [0.25, 0.3) is 7.82 Å². The average Bonchev–Trinajstić information content (AvgIpc) is 3.41. The van der Waals surface area contributed by atoms with E-state index in [1.54, 1.807) is 0 Å². The number of unbranched alkanes of at least 4 members (excludes halogenated alkanes) is 31. The molecule has 0 aromatic rings. The smallest absolute Gasteiger partial charge is 0.306 e. The SMILES string of the molecule is CC/C=C\C/C=C\C/C=C\C/C=C\C/C=C\C/C=C\CCCCCCCCCCCCCCCCCCCCCCC(=O)OC(COC(=O)CCCCCCC/C=C\CCCCCCCC)COP(=O)([O-])OCC[N+](C)(C)C. The standard InChI is InChI=1S/C68H122NO8P/c1-6-8-10-12-14-16-18-20-22-23-24-25-26-27-28-29-30-31-32-33-34-35-36-37-38-39-40-41-42-43-44-45-47-49-51-53-55-57-59-61-68(71)77-66(65-76-78(72,73)75-63-62-69(3,4)5)64-74-67(70)60-58-56-54-52-50-48-46-21-19-17-15-13-11-9-7-2/h8,10,14,16,20-22,24-25,27-28,30-31,46,66H,6-7,9,11-13,15,17-19,23,26,29,32-45,47-65H2,1-5H3/b10-8-,16-14-,22-20-,25-24-,28-27-,31-30-,46-21-. The highest BCUT2D eigenvalue weighted by atomic mass is 31.2. The van der Waals surface area contributed by atoms with E-state index < -0.39 is 26.5 Å². The van der Waals surface area contributed by atoms with E-state index in [1.807, 2.05) is 21.1 Å². The third-order valence-electron chi connectivity index (χ3n) is 13.9. The maximum absolute atomic E-state index is 12.8. The highest BCUT2D eigenvalue weighted by molar-refractivity contribution is 7.45. The van der Waals surface area contributed by atoms with Gasteiger partial charge in [0, 0.05) is 12.8 Å². The topological polar surface area (TPSA) is 111 Å². The van der Waals surface area contributed by atoms with Gasteiger partial charge in [0.15, 0.2) is 6.10 Å². The molecular formula is C68H122NO8P. The Morgan fingerprint density at radius 3 is 1.10 bits per heavy atom. The van der Waals surface area contributed by atoms with Crippen molar-refractivity contribution < 1.29 is 42.1 Å². The Morgan fingerprint density at radius 2 is 0.731 bits per heavy atom. The van der Waals surface area contributed by atoms with Gasteiger partial charge < -0.3 is 27.9 Å². The van der Waals surface area contributed by atoms with Crippen LogP contribution in [0, 0.1) is 0 Å². The molecule has 0 amide bonds. The van der Waals surface area contributed by atoms with Gasteiger partial charge in [-0.2, -0.15) is 0 Å². The van der Waals surface area contributed by atoms with Crippen molar-refractivity contribution in [3.8, 4) is 0 Å². The molecule has 78 heavy (non-hydrogen) atoms. The normalized spacial score (nSPS) is 13.8. The minimum atomic E-state index is -4.64. The lowest BCUT2D eigenvalue weighted by atomic mass is 10.0. The lowest BCUT2D eigenvalue weighted by molar-refractivity contribution is -0.870. The van der Waals surface area contributed by atoms with Gasteiger partial charge in [0.05, 0.1) is 27.7 Å². The molecule has 0 fully saturated rings. The first-order valence-corrected chi connectivity index (χ1v) is 33.8. The average molecular weight is 1110 g/mol. The van der Waals surface area contributed by atoms with Crippen LogP contribution in [-0.4, -0.2) is 70.0 Å². The van der Waals surface area contributed by atoms with Crippen LogP contribution in [0.2, 0.25) is 0 Å². The number of allylic oxidation sites excluding steroid dienone is 14. The van der Waals surface area contributed by atoms with Crippen LogP contribution in [0.3, 0.4) is 0 Å². The van der Waals surface area contributed by atoms with E-state index in [0.717, 1.165) is 96.3 Å². The summed E-state index contributed by atoms with van der Waals surface area (Å²) >= 11 is 0. The van der Waals surface area contributed by atoms with Crippen LogP contribution in [0.15, 0.2) is 85.1 Å². The lowest BCUT2D eigenvalue weighted by Crippen LogP contribution is -2.37. The van der Waals surface area contributed by atoms with Crippen molar-refractivity contribution >= 4 is 19.8 Å². The van der Waals surface area contributed by atoms with Crippen molar-refractivity contribution in [1.82, 2.24) is 0 Å². The van der Waals surface area contributed by atoms with Gasteiger partial charge in [-0.15, -0.1) is 0 Å². The number of phosphoric acid groups is 1. The highest BCUT2D eigenvalue weighted by Gasteiger charge is 2.22. The van der Waals surface area contributed by atoms with Crippen LogP contribution in [0.5, 0.6) is 0 Å². The number of carbonyl (C=O) groups is 2. The van der Waals surface area contributed by atoms with E-state index in [0.29, 0.717) is 17.4 Å². The summed E-state index contributed by atoms with van der Waals surface area (Å²) in [4.78, 5) is 37.9. The summed E-state index contributed by atoms with van der Waals surface area (Å²) in [5.74, 6) is -0.835. The van der Waals surface area contributed by atoms with Crippen LogP contribution < -0.4 is 4.89 Å². The van der Waals surface area contributed by atoms with Crippen molar-refractivity contribution in [2.24, 2.45) is 0 Å². The van der Waals surface area contributed by atoms with E-state index in [2.05, 4.69) is 98.9 Å². The molecule has 9 nitrogen and oxygen atoms in total. The third-order valence-corrected chi connectivity index (χ3v) is 14.9. The quantitative estimate of drug-likeness (QED) is 0.0195. The fraction of sp³-hybridized carbons (Fsp3) is 0.765. The third kappa shape index (κ3) is 62.4. The van der Waals surface area contributed by atoms with E-state index >= 15 is 0 Å². The van der Waals surface area contributed by atoms with Crippen molar-refractivity contribution in [3.63, 3.8) is 0 Å². The first-order chi connectivity index (χ1) is 38.0. The molecule has 0 saturated heterocycles. The number of quaternary nitrogens is 1. The molecule has 10 heteroatoms. The summed E-state index contributed by atoms with van der Waals surface area (Å²) in [5.41, 5.74) is 0. The summed E-state index contributed by atoms with van der Waals surface area (Å²) in [5, 5.41) is 0. The Hall–Kier alpha value is -2.81. The van der Waals surface area contributed by atoms with Gasteiger partial charge in [0.1, 0.15) is 19.8 Å². The van der Waals surface area contributed by atoms with Crippen LogP contribution in [-0.2, 0) is 32.7 Å². The summed E-state index contributed by atoms with van der Waals surface area (Å²) in [6, 6.07) is 0. The number of rotatable bonds is 59. The molecule has 0 bridgehead atoms. The summed E-state index contributed by atoms with van der Waals surface area (Å²) < 4.78 is 34.2. The molecule has 0 saturated carbocycles. The minimum absolute atomic E-state index is 0.0325. The van der Waals surface area contributed by atoms with Crippen LogP contribution >= 0.6 is 7.82 Å². The molecule has 0 aromatic heterocycles. The second-order valence-corrected chi connectivity index (χ2v) is 24.2. The zero-order valence-corrected chi connectivity index (χ0v) is 52.2. The van der Waals surface area contributed by atoms with E-state index in [1.165, 1.54) is 154 Å². The number of phosphoric ester groups is 1. The fourth-order valence-electron chi connectivity index (χ4n) is 8.95. The monoisotopic (exact) mass is 1110 g/mol. The van der Waals surface area contributed by atoms with Crippen molar-refractivity contribution in [2.75, 3.05) is 47.5 Å². The molecule has 0 aliphatic rings. The number of carbonyl (C=O) groups excluding carboxylic acids is 2. The first-order valence-electron chi connectivity index (χ1n) is 32.3. The van der Waals surface area contributed by atoms with Crippen LogP contribution in [0.1, 0.15) is 284 Å². The molecule has 0 aliphatic carbocycles. The minimum Gasteiger partial charge on any atom is -0.756 e. The summed E-state index contributed by atoms with van der Waals surface area (Å²) in [7, 11) is 1.17. The van der Waals surface area contributed by atoms with Crippen LogP contribution in [0.25, 0.3) is 0 Å². The number of nitrogens with zero attached hydrogens (tertiary/aromatic N) is 1. The molecule has 2 unspecified atom stereocenters. The number of likely N-dealkylation sites (N-methyl/N-ethyl adjacent to an activating group) is 1. The van der Waals surface area contributed by atoms with Gasteiger partial charge in [0.2, 0.25) is 0 Å². The Bertz CT molecular complexity index is 1590. The Labute approximate surface area is 481 Å². The molecule has 0 spiro atoms. The second-order valence-electron chi connectivity index (χ2n) is 22.7. The molecule has 2 atom stereocenters. The number of esters is 2. The second kappa shape index (κ2) is 58.8. The maximum atomic E-state index is 12.8. The number of hydrogen-bond donors (Lipinski definition) is 0. The highest BCUT2D eigenvalue weighted by Crippen LogP contribution is 2.38. The van der Waals surface area contributed by atoms with E-state index in [4.69, 9.17) is 18.5 Å². The lowest BCUT2D eigenvalue weighted by Gasteiger charge is -2.28. The zero-order chi connectivity index (χ0) is 57.0. The molecule has 0 heterocycles. The number of hydrogen-bond acceptors (Lipinski definition) is 8. The summed E-state index contributed by atoms with van der Waals surface area (Å²) in [6.07, 6.45) is 79.5. The van der Waals surface area contributed by atoms with Gasteiger partial charge in [-0.05, 0) is 89.9 Å². The van der Waals surface area contributed by atoms with E-state index in [-0.39, 0.29) is 32.0 Å². The van der Waals surface area contributed by atoms with Crippen molar-refractivity contribution in [2.45, 2.75) is 290 Å². The largest absolute Gasteiger partial charge is 0.756 e. The Morgan fingerprint density at radius 1 is 0.410 bits per heavy atom. The van der Waals surface area contributed by atoms with Crippen molar-refractivity contribution in [3.05, 3.63) is 85.1 Å². The van der Waals surface area contributed by atoms with Gasteiger partial charge in [-0.1, -0.05) is 266 Å². The van der Waals surface area contributed by atoms with Crippen molar-refractivity contribution in [1.29, 1.82) is 0 Å². The fourth-order valence-corrected chi connectivity index (χ4v) is 9.68. The molecule has 0 radical (unpaired) electrons. The first kappa shape index (κ1) is 75.2. The molecule has 0 rings (SSSR count). The van der Waals surface area contributed by atoms with Crippen LogP contribution in [0.4, 0.5) is 0 Å². The van der Waals surface area contributed by atoms with E-state index in [9.17, 15) is 19.0 Å². The maximum Gasteiger partial charge on any atom is 0.306 e. The van der Waals surface area contributed by atoms with Gasteiger partial charge in [-0.3, -0.25) is 14.2 Å². The molecular weight excluding hydrogens is 990 g/mol. The zero-order valence-electron chi connectivity index (χ0n) is 51.3. The van der Waals surface area contributed by atoms with Gasteiger partial charge >= 0.3 is 11.9 Å². The summed E-state index contributed by atoms with van der Waals surface area (Å²) in [6.45, 7) is 4.13. The Balaban J connectivity index is 3.95. The predicted octanol–water partition coefficient (Wildman–Crippen LogP) is 20.0. The van der Waals surface area contributed by atoms with Gasteiger partial charge in [-0.25, -0.2) is 0 Å². The predicted molar refractivity (Wildman–Crippen MR) is 332 cm³/mol. The number of ether oxygens (including phenoxy) is 2. The Kier molecular flexibility index (Phi) is 56.7. The molecule has 0 aromatic carbocycles.